The highest BCUT2D eigenvalue weighted by Gasteiger charge is 2.26. The molecule has 2 aromatic heterocycles. The molecule has 1 atom stereocenters. The lowest BCUT2D eigenvalue weighted by molar-refractivity contribution is 0.176. The van der Waals surface area contributed by atoms with Crippen LogP contribution in [0.4, 0.5) is 0 Å². The minimum atomic E-state index is 0.477. The number of para-hydroxylation sites is 2. The van der Waals surface area contributed by atoms with Gasteiger partial charge in [-0.05, 0) is 38.4 Å². The number of hydrogen-bond acceptors (Lipinski definition) is 4. The predicted octanol–water partition coefficient (Wildman–Crippen LogP) is 3.25. The number of rotatable bonds is 3. The molecule has 0 bridgehead atoms. The first-order valence-electron chi connectivity index (χ1n) is 8.26. The zero-order chi connectivity index (χ0) is 15.8. The first kappa shape index (κ1) is 14.5. The molecule has 0 aliphatic carbocycles. The van der Waals surface area contributed by atoms with Crippen molar-refractivity contribution in [3.8, 4) is 0 Å². The Hall–Kier alpha value is -2.14. The summed E-state index contributed by atoms with van der Waals surface area (Å²) in [6.07, 6.45) is 2.39. The van der Waals surface area contributed by atoms with Gasteiger partial charge in [-0.15, -0.1) is 0 Å². The molecule has 0 N–H and O–H groups in total. The molecule has 3 aromatic rings. The molecule has 1 aliphatic rings. The number of nitrogens with zero attached hydrogens (tertiary/aromatic N) is 4. The van der Waals surface area contributed by atoms with Crippen molar-refractivity contribution in [1.29, 1.82) is 0 Å². The van der Waals surface area contributed by atoms with Crippen LogP contribution >= 0.6 is 0 Å². The van der Waals surface area contributed by atoms with Crippen LogP contribution in [0.25, 0.3) is 11.0 Å². The number of hydrogen-bond donors (Lipinski definition) is 0. The van der Waals surface area contributed by atoms with Crippen LogP contribution in [0.15, 0.2) is 34.9 Å². The van der Waals surface area contributed by atoms with Gasteiger partial charge in [0.05, 0.1) is 23.3 Å². The summed E-state index contributed by atoms with van der Waals surface area (Å²) in [5.74, 6) is 2.63. The topological polar surface area (TPSA) is 47.1 Å². The standard InChI is InChI=1S/C18H22N4O/c1-13-10-15(23-20-13)12-22-9-5-6-14(11-22)18-19-16-7-3-4-8-17(16)21(18)2/h3-4,7-8,10,14H,5-6,9,11-12H2,1-2H3/t14-/m0/s1. The monoisotopic (exact) mass is 310 g/mol. The van der Waals surface area contributed by atoms with E-state index in [9.17, 15) is 0 Å². The van der Waals surface area contributed by atoms with E-state index in [1.807, 2.05) is 13.0 Å². The number of imidazole rings is 1. The van der Waals surface area contributed by atoms with Crippen molar-refractivity contribution in [3.05, 3.63) is 47.6 Å². The van der Waals surface area contributed by atoms with E-state index in [0.29, 0.717) is 5.92 Å². The molecule has 120 valence electrons. The molecular weight excluding hydrogens is 288 g/mol. The maximum Gasteiger partial charge on any atom is 0.150 e. The summed E-state index contributed by atoms with van der Waals surface area (Å²) >= 11 is 0. The Balaban J connectivity index is 1.55. The predicted molar refractivity (Wildman–Crippen MR) is 89.2 cm³/mol. The third kappa shape index (κ3) is 2.77. The molecule has 23 heavy (non-hydrogen) atoms. The summed E-state index contributed by atoms with van der Waals surface area (Å²) in [5.41, 5.74) is 3.25. The average molecular weight is 310 g/mol. The molecule has 1 aliphatic heterocycles. The van der Waals surface area contributed by atoms with E-state index in [1.165, 1.54) is 24.2 Å². The third-order valence-corrected chi connectivity index (χ3v) is 4.75. The summed E-state index contributed by atoms with van der Waals surface area (Å²) in [6.45, 7) is 4.93. The van der Waals surface area contributed by atoms with E-state index in [4.69, 9.17) is 9.51 Å². The number of piperidine rings is 1. The second kappa shape index (κ2) is 5.81. The lowest BCUT2D eigenvalue weighted by Gasteiger charge is -2.31. The number of aromatic nitrogens is 3. The number of likely N-dealkylation sites (tertiary alicyclic amines) is 1. The molecule has 0 spiro atoms. The summed E-state index contributed by atoms with van der Waals surface area (Å²) in [6, 6.07) is 10.4. The molecule has 0 radical (unpaired) electrons. The molecule has 5 nitrogen and oxygen atoms in total. The molecule has 3 heterocycles. The van der Waals surface area contributed by atoms with Crippen LogP contribution in [0, 0.1) is 6.92 Å². The summed E-state index contributed by atoms with van der Waals surface area (Å²) in [7, 11) is 2.13. The van der Waals surface area contributed by atoms with Crippen LogP contribution in [0.5, 0.6) is 0 Å². The molecule has 4 rings (SSSR count). The fourth-order valence-electron chi connectivity index (χ4n) is 3.65. The molecular formula is C18H22N4O. The highest BCUT2D eigenvalue weighted by Crippen LogP contribution is 2.29. The molecule has 1 fully saturated rings. The Kier molecular flexibility index (Phi) is 3.65. The van der Waals surface area contributed by atoms with Gasteiger partial charge >= 0.3 is 0 Å². The summed E-state index contributed by atoms with van der Waals surface area (Å²) in [4.78, 5) is 7.33. The maximum absolute atomic E-state index is 5.37. The van der Waals surface area contributed by atoms with Gasteiger partial charge in [0.25, 0.3) is 0 Å². The van der Waals surface area contributed by atoms with Crippen molar-refractivity contribution in [2.24, 2.45) is 7.05 Å². The van der Waals surface area contributed by atoms with Crippen molar-refractivity contribution >= 4 is 11.0 Å². The molecule has 0 unspecified atom stereocenters. The highest BCUT2D eigenvalue weighted by atomic mass is 16.5. The van der Waals surface area contributed by atoms with Gasteiger partial charge in [-0.25, -0.2) is 4.98 Å². The second-order valence-corrected chi connectivity index (χ2v) is 6.53. The third-order valence-electron chi connectivity index (χ3n) is 4.75. The SMILES string of the molecule is Cc1cc(CN2CCC[C@H](c3nc4ccccc4n3C)C2)on1. The first-order chi connectivity index (χ1) is 11.2. The van der Waals surface area contributed by atoms with E-state index >= 15 is 0 Å². The van der Waals surface area contributed by atoms with E-state index in [2.05, 4.69) is 45.9 Å². The van der Waals surface area contributed by atoms with Crippen LogP contribution in [-0.4, -0.2) is 32.7 Å². The van der Waals surface area contributed by atoms with Gasteiger partial charge in [0, 0.05) is 25.6 Å². The van der Waals surface area contributed by atoms with Crippen molar-refractivity contribution in [1.82, 2.24) is 19.6 Å². The number of fused-ring (bicyclic) bond motifs is 1. The van der Waals surface area contributed by atoms with Crippen molar-refractivity contribution in [2.75, 3.05) is 13.1 Å². The quantitative estimate of drug-likeness (QED) is 0.745. The Morgan fingerprint density at radius 1 is 1.30 bits per heavy atom. The lowest BCUT2D eigenvalue weighted by Crippen LogP contribution is -2.34. The minimum Gasteiger partial charge on any atom is -0.360 e. The zero-order valence-corrected chi connectivity index (χ0v) is 13.7. The fraction of sp³-hybridized carbons (Fsp3) is 0.444. The molecule has 1 aromatic carbocycles. The van der Waals surface area contributed by atoms with Crippen molar-refractivity contribution in [2.45, 2.75) is 32.2 Å². The summed E-state index contributed by atoms with van der Waals surface area (Å²) in [5, 5.41) is 3.98. The maximum atomic E-state index is 5.37. The Morgan fingerprint density at radius 2 is 2.17 bits per heavy atom. The van der Waals surface area contributed by atoms with Crippen molar-refractivity contribution < 1.29 is 4.52 Å². The normalized spacial score (nSPS) is 19.5. The Bertz CT molecular complexity index is 819. The van der Waals surface area contributed by atoms with Crippen LogP contribution in [0.3, 0.4) is 0 Å². The summed E-state index contributed by atoms with van der Waals surface area (Å²) < 4.78 is 7.62. The van der Waals surface area contributed by atoms with E-state index < -0.39 is 0 Å². The smallest absolute Gasteiger partial charge is 0.150 e. The van der Waals surface area contributed by atoms with Gasteiger partial charge < -0.3 is 9.09 Å². The highest BCUT2D eigenvalue weighted by molar-refractivity contribution is 5.75. The second-order valence-electron chi connectivity index (χ2n) is 6.53. The van der Waals surface area contributed by atoms with E-state index in [-0.39, 0.29) is 0 Å². The number of aryl methyl sites for hydroxylation is 2. The average Bonchev–Trinajstić information content (AvgIpc) is 3.12. The molecule has 0 amide bonds. The van der Waals surface area contributed by atoms with Gasteiger partial charge in [0.15, 0.2) is 5.76 Å². The minimum absolute atomic E-state index is 0.477. The zero-order valence-electron chi connectivity index (χ0n) is 13.7. The van der Waals surface area contributed by atoms with Gasteiger partial charge in [-0.2, -0.15) is 0 Å². The van der Waals surface area contributed by atoms with Gasteiger partial charge in [0.2, 0.25) is 0 Å². The lowest BCUT2D eigenvalue weighted by atomic mass is 9.97. The molecule has 5 heteroatoms. The van der Waals surface area contributed by atoms with Gasteiger partial charge in [-0.1, -0.05) is 17.3 Å². The van der Waals surface area contributed by atoms with Crippen LogP contribution in [0.2, 0.25) is 0 Å². The Labute approximate surface area is 135 Å². The van der Waals surface area contributed by atoms with Crippen LogP contribution in [0.1, 0.15) is 36.0 Å². The van der Waals surface area contributed by atoms with Crippen LogP contribution < -0.4 is 0 Å². The van der Waals surface area contributed by atoms with Gasteiger partial charge in [0.1, 0.15) is 5.82 Å². The van der Waals surface area contributed by atoms with Gasteiger partial charge in [-0.3, -0.25) is 4.90 Å². The first-order valence-corrected chi connectivity index (χ1v) is 8.26. The molecule has 0 saturated carbocycles. The van der Waals surface area contributed by atoms with Crippen LogP contribution in [-0.2, 0) is 13.6 Å². The van der Waals surface area contributed by atoms with E-state index in [0.717, 1.165) is 36.6 Å². The number of benzene rings is 1. The van der Waals surface area contributed by atoms with Crippen molar-refractivity contribution in [3.63, 3.8) is 0 Å². The largest absolute Gasteiger partial charge is 0.360 e. The Morgan fingerprint density at radius 3 is 2.96 bits per heavy atom. The fourth-order valence-corrected chi connectivity index (χ4v) is 3.65. The van der Waals surface area contributed by atoms with E-state index in [1.54, 1.807) is 0 Å². The molecule has 1 saturated heterocycles.